The SMILES string of the molecule is CCc1ccc(C2C3=C(CC(c4ccc(O)cc4)CC3=O)Nc3onc(C)c32)cc1. The molecule has 2 unspecified atom stereocenters. The van der Waals surface area contributed by atoms with Gasteiger partial charge in [-0.2, -0.15) is 0 Å². The van der Waals surface area contributed by atoms with Crippen molar-refractivity contribution in [2.24, 2.45) is 0 Å². The third-order valence-electron chi connectivity index (χ3n) is 6.34. The maximum Gasteiger partial charge on any atom is 0.233 e. The molecule has 2 aromatic carbocycles. The van der Waals surface area contributed by atoms with Crippen molar-refractivity contribution in [1.82, 2.24) is 5.16 Å². The smallest absolute Gasteiger partial charge is 0.233 e. The number of Topliss-reactive ketones (excluding diaryl/α,β-unsaturated/α-hetero) is 1. The molecule has 2 N–H and O–H groups in total. The number of fused-ring (bicyclic) bond motifs is 1. The topological polar surface area (TPSA) is 75.4 Å². The zero-order chi connectivity index (χ0) is 20.8. The van der Waals surface area contributed by atoms with Crippen molar-refractivity contribution in [2.45, 2.75) is 44.9 Å². The fourth-order valence-electron chi connectivity index (χ4n) is 4.73. The number of allylic oxidation sites excluding steroid dienone is 2. The number of phenols is 1. The Morgan fingerprint density at radius 2 is 1.77 bits per heavy atom. The van der Waals surface area contributed by atoms with Crippen molar-refractivity contribution in [2.75, 3.05) is 5.32 Å². The lowest BCUT2D eigenvalue weighted by Crippen LogP contribution is -2.29. The summed E-state index contributed by atoms with van der Waals surface area (Å²) in [6.07, 6.45) is 2.15. The third-order valence-corrected chi connectivity index (χ3v) is 6.34. The molecular weight excluding hydrogens is 376 g/mol. The summed E-state index contributed by atoms with van der Waals surface area (Å²) in [5.41, 5.74) is 6.91. The summed E-state index contributed by atoms with van der Waals surface area (Å²) in [5.74, 6) is 0.918. The molecule has 3 aromatic rings. The molecule has 0 saturated carbocycles. The number of carbonyl (C=O) groups is 1. The summed E-state index contributed by atoms with van der Waals surface area (Å²) in [7, 11) is 0. The van der Waals surface area contributed by atoms with Crippen molar-refractivity contribution in [1.29, 1.82) is 0 Å². The Hall–Kier alpha value is -3.34. The first-order valence-electron chi connectivity index (χ1n) is 10.4. The quantitative estimate of drug-likeness (QED) is 0.631. The van der Waals surface area contributed by atoms with Gasteiger partial charge in [0.05, 0.1) is 11.3 Å². The number of phenolic OH excluding ortho intramolecular Hbond substituents is 1. The summed E-state index contributed by atoms with van der Waals surface area (Å²) in [6.45, 7) is 4.06. The summed E-state index contributed by atoms with van der Waals surface area (Å²) in [5, 5.41) is 17.1. The van der Waals surface area contributed by atoms with Gasteiger partial charge in [0.15, 0.2) is 5.78 Å². The predicted octanol–water partition coefficient (Wildman–Crippen LogP) is 5.21. The molecule has 1 aromatic heterocycles. The van der Waals surface area contributed by atoms with Crippen LogP contribution in [0.2, 0.25) is 0 Å². The Balaban J connectivity index is 1.59. The second-order valence-electron chi connectivity index (χ2n) is 8.18. The second-order valence-corrected chi connectivity index (χ2v) is 8.18. The van der Waals surface area contributed by atoms with Gasteiger partial charge in [-0.1, -0.05) is 48.5 Å². The van der Waals surface area contributed by atoms with Crippen LogP contribution in [0.25, 0.3) is 0 Å². The van der Waals surface area contributed by atoms with Gasteiger partial charge in [-0.25, -0.2) is 0 Å². The van der Waals surface area contributed by atoms with Gasteiger partial charge in [-0.3, -0.25) is 4.79 Å². The molecule has 2 atom stereocenters. The van der Waals surface area contributed by atoms with Crippen molar-refractivity contribution >= 4 is 11.7 Å². The maximum atomic E-state index is 13.4. The Labute approximate surface area is 175 Å². The van der Waals surface area contributed by atoms with E-state index in [2.05, 4.69) is 41.7 Å². The van der Waals surface area contributed by atoms with Crippen molar-refractivity contribution < 1.29 is 14.4 Å². The lowest BCUT2D eigenvalue weighted by atomic mass is 9.72. The summed E-state index contributed by atoms with van der Waals surface area (Å²) in [4.78, 5) is 13.4. The lowest BCUT2D eigenvalue weighted by molar-refractivity contribution is -0.116. The first kappa shape index (κ1) is 18.7. The van der Waals surface area contributed by atoms with E-state index >= 15 is 0 Å². The van der Waals surface area contributed by atoms with Crippen LogP contribution in [0.5, 0.6) is 5.75 Å². The van der Waals surface area contributed by atoms with Crippen LogP contribution >= 0.6 is 0 Å². The number of anilines is 1. The van der Waals surface area contributed by atoms with Crippen LogP contribution in [0, 0.1) is 6.92 Å². The van der Waals surface area contributed by atoms with Gasteiger partial charge < -0.3 is 14.9 Å². The highest BCUT2D eigenvalue weighted by molar-refractivity contribution is 6.01. The molecule has 5 heteroatoms. The van der Waals surface area contributed by atoms with Crippen molar-refractivity contribution in [3.05, 3.63) is 87.7 Å². The number of nitrogens with zero attached hydrogens (tertiary/aromatic N) is 1. The van der Waals surface area contributed by atoms with Crippen LogP contribution in [-0.4, -0.2) is 16.0 Å². The van der Waals surface area contributed by atoms with E-state index in [1.165, 1.54) is 5.56 Å². The molecule has 0 bridgehead atoms. The molecule has 30 heavy (non-hydrogen) atoms. The zero-order valence-electron chi connectivity index (χ0n) is 17.1. The summed E-state index contributed by atoms with van der Waals surface area (Å²) in [6, 6.07) is 15.6. The molecule has 152 valence electrons. The van der Waals surface area contributed by atoms with Gasteiger partial charge in [0, 0.05) is 23.6 Å². The molecule has 5 rings (SSSR count). The van der Waals surface area contributed by atoms with Crippen molar-refractivity contribution in [3.8, 4) is 5.75 Å². The minimum absolute atomic E-state index is 0.0676. The Bertz CT molecular complexity index is 1140. The molecule has 1 aliphatic heterocycles. The number of ketones is 1. The van der Waals surface area contributed by atoms with Crippen LogP contribution in [0.1, 0.15) is 59.5 Å². The van der Waals surface area contributed by atoms with E-state index in [0.717, 1.165) is 40.1 Å². The minimum atomic E-state index is -0.165. The molecule has 0 amide bonds. The number of benzene rings is 2. The van der Waals surface area contributed by atoms with Crippen LogP contribution in [0.15, 0.2) is 64.3 Å². The molecule has 0 radical (unpaired) electrons. The molecule has 0 saturated heterocycles. The molecule has 0 fully saturated rings. The largest absolute Gasteiger partial charge is 0.508 e. The standard InChI is InChI=1S/C25H24N2O3/c1-3-15-4-6-17(7-5-15)23-22-14(2)27-30-25(22)26-20-12-18(13-21(29)24(20)23)16-8-10-19(28)11-9-16/h4-11,18,23,26,28H,3,12-13H2,1-2H3. The van der Waals surface area contributed by atoms with Gasteiger partial charge >= 0.3 is 0 Å². The average Bonchev–Trinajstić information content (AvgIpc) is 3.13. The van der Waals surface area contributed by atoms with Crippen LogP contribution in [-0.2, 0) is 11.2 Å². The first-order chi connectivity index (χ1) is 14.5. The van der Waals surface area contributed by atoms with Crippen LogP contribution in [0.3, 0.4) is 0 Å². The zero-order valence-corrected chi connectivity index (χ0v) is 17.1. The Morgan fingerprint density at radius 3 is 2.47 bits per heavy atom. The number of hydrogen-bond donors (Lipinski definition) is 2. The number of aromatic hydroxyl groups is 1. The van der Waals surface area contributed by atoms with E-state index < -0.39 is 0 Å². The highest BCUT2D eigenvalue weighted by atomic mass is 16.5. The number of aromatic nitrogens is 1. The van der Waals surface area contributed by atoms with Crippen LogP contribution < -0.4 is 5.32 Å². The average molecular weight is 400 g/mol. The molecule has 0 spiro atoms. The highest BCUT2D eigenvalue weighted by Gasteiger charge is 2.41. The lowest BCUT2D eigenvalue weighted by Gasteiger charge is -2.34. The summed E-state index contributed by atoms with van der Waals surface area (Å²) < 4.78 is 5.58. The number of aryl methyl sites for hydroxylation is 2. The van der Waals surface area contributed by atoms with E-state index in [4.69, 9.17) is 4.52 Å². The number of hydrogen-bond acceptors (Lipinski definition) is 5. The number of nitrogens with one attached hydrogen (secondary N) is 1. The van der Waals surface area contributed by atoms with E-state index in [1.807, 2.05) is 19.1 Å². The summed E-state index contributed by atoms with van der Waals surface area (Å²) >= 11 is 0. The van der Waals surface area contributed by atoms with Gasteiger partial charge in [0.2, 0.25) is 5.88 Å². The highest BCUT2D eigenvalue weighted by Crippen LogP contribution is 2.49. The van der Waals surface area contributed by atoms with Gasteiger partial charge in [-0.15, -0.1) is 0 Å². The normalized spacial score (nSPS) is 20.5. The molecule has 2 heterocycles. The monoisotopic (exact) mass is 400 g/mol. The van der Waals surface area contributed by atoms with Gasteiger partial charge in [0.1, 0.15) is 5.75 Å². The fraction of sp³-hybridized carbons (Fsp3) is 0.280. The molecule has 1 aliphatic carbocycles. The van der Waals surface area contributed by atoms with Crippen LogP contribution in [0.4, 0.5) is 5.88 Å². The second kappa shape index (κ2) is 7.17. The van der Waals surface area contributed by atoms with E-state index in [0.29, 0.717) is 18.7 Å². The fourth-order valence-corrected chi connectivity index (χ4v) is 4.73. The molecule has 5 nitrogen and oxygen atoms in total. The molecule has 2 aliphatic rings. The Kier molecular flexibility index (Phi) is 4.46. The first-order valence-corrected chi connectivity index (χ1v) is 10.4. The minimum Gasteiger partial charge on any atom is -0.508 e. The Morgan fingerprint density at radius 1 is 1.07 bits per heavy atom. The van der Waals surface area contributed by atoms with Gasteiger partial charge in [0.25, 0.3) is 0 Å². The molecular formula is C25H24N2O3. The third kappa shape index (κ3) is 3.02. The maximum absolute atomic E-state index is 13.4. The number of rotatable bonds is 3. The predicted molar refractivity (Wildman–Crippen MR) is 115 cm³/mol. The number of carbonyl (C=O) groups excluding carboxylic acids is 1. The van der Waals surface area contributed by atoms with Crippen molar-refractivity contribution in [3.63, 3.8) is 0 Å². The van der Waals surface area contributed by atoms with E-state index in [1.54, 1.807) is 12.1 Å². The van der Waals surface area contributed by atoms with E-state index in [-0.39, 0.29) is 23.4 Å². The van der Waals surface area contributed by atoms with Gasteiger partial charge in [-0.05, 0) is 54.5 Å². The van der Waals surface area contributed by atoms with E-state index in [9.17, 15) is 9.90 Å².